The second-order valence-electron chi connectivity index (χ2n) is 4.51. The summed E-state index contributed by atoms with van der Waals surface area (Å²) in [5, 5.41) is 0. The van der Waals surface area contributed by atoms with E-state index >= 15 is 0 Å². The summed E-state index contributed by atoms with van der Waals surface area (Å²) < 4.78 is 10.3. The highest BCUT2D eigenvalue weighted by Gasteiger charge is 2.08. The van der Waals surface area contributed by atoms with Crippen molar-refractivity contribution < 1.29 is 14.3 Å². The molecule has 0 aromatic heterocycles. The van der Waals surface area contributed by atoms with Gasteiger partial charge in [-0.1, -0.05) is 23.6 Å². The topological polar surface area (TPSA) is 35.5 Å². The first-order chi connectivity index (χ1) is 10.1. The maximum Gasteiger partial charge on any atom is 0.236 e. The minimum atomic E-state index is -0.253. The minimum Gasteiger partial charge on any atom is -0.493 e. The third-order valence-corrected chi connectivity index (χ3v) is 3.02. The molecule has 2 rings (SSSR count). The van der Waals surface area contributed by atoms with Crippen molar-refractivity contribution in [3.63, 3.8) is 0 Å². The van der Waals surface area contributed by atoms with Crippen molar-refractivity contribution >= 4 is 5.78 Å². The number of benzene rings is 2. The van der Waals surface area contributed by atoms with Crippen molar-refractivity contribution in [2.75, 3.05) is 14.2 Å². The Morgan fingerprint density at radius 2 is 1.62 bits per heavy atom. The molecule has 0 fully saturated rings. The van der Waals surface area contributed by atoms with E-state index < -0.39 is 0 Å². The number of methoxy groups -OCH3 is 2. The van der Waals surface area contributed by atoms with Crippen LogP contribution in [0.3, 0.4) is 0 Å². The molecule has 21 heavy (non-hydrogen) atoms. The van der Waals surface area contributed by atoms with Gasteiger partial charge in [0.2, 0.25) is 5.78 Å². The summed E-state index contributed by atoms with van der Waals surface area (Å²) in [7, 11) is 3.08. The molecule has 0 radical (unpaired) electrons. The summed E-state index contributed by atoms with van der Waals surface area (Å²) in [5.74, 6) is 6.35. The van der Waals surface area contributed by atoms with Gasteiger partial charge in [0.05, 0.1) is 14.2 Å². The van der Waals surface area contributed by atoms with Gasteiger partial charge < -0.3 is 9.47 Å². The summed E-state index contributed by atoms with van der Waals surface area (Å²) in [4.78, 5) is 12.1. The standard InChI is InChI=1S/C18H16O3/c1-13-4-6-14(7-5-13)8-10-16(19)15-9-11-17(20-2)18(12-15)21-3/h4-7,9,11-12H,1-3H3. The first-order valence-electron chi connectivity index (χ1n) is 6.49. The highest BCUT2D eigenvalue weighted by molar-refractivity contribution is 6.09. The second-order valence-corrected chi connectivity index (χ2v) is 4.51. The van der Waals surface area contributed by atoms with E-state index in [1.54, 1.807) is 25.3 Å². The largest absolute Gasteiger partial charge is 0.493 e. The van der Waals surface area contributed by atoms with Crippen molar-refractivity contribution in [3.05, 3.63) is 59.2 Å². The third-order valence-electron chi connectivity index (χ3n) is 3.02. The number of carbonyl (C=O) groups excluding carboxylic acids is 1. The number of aryl methyl sites for hydroxylation is 1. The fourth-order valence-electron chi connectivity index (χ4n) is 1.82. The van der Waals surface area contributed by atoms with Crippen molar-refractivity contribution in [1.29, 1.82) is 0 Å². The van der Waals surface area contributed by atoms with Gasteiger partial charge in [-0.2, -0.15) is 0 Å². The van der Waals surface area contributed by atoms with Gasteiger partial charge in [0.25, 0.3) is 0 Å². The first kappa shape index (κ1) is 14.7. The van der Waals surface area contributed by atoms with Crippen LogP contribution >= 0.6 is 0 Å². The molecule has 0 atom stereocenters. The molecular formula is C18H16O3. The molecule has 0 saturated heterocycles. The second kappa shape index (κ2) is 6.62. The number of rotatable bonds is 3. The van der Waals surface area contributed by atoms with Crippen LogP contribution in [-0.4, -0.2) is 20.0 Å². The molecule has 0 bridgehead atoms. The van der Waals surface area contributed by atoms with Crippen LogP contribution in [0.1, 0.15) is 21.5 Å². The lowest BCUT2D eigenvalue weighted by Gasteiger charge is -2.07. The molecule has 0 unspecified atom stereocenters. The van der Waals surface area contributed by atoms with Gasteiger partial charge >= 0.3 is 0 Å². The Hall–Kier alpha value is -2.73. The number of carbonyl (C=O) groups is 1. The number of ketones is 1. The number of hydrogen-bond acceptors (Lipinski definition) is 3. The smallest absolute Gasteiger partial charge is 0.236 e. The van der Waals surface area contributed by atoms with Gasteiger partial charge in [0.15, 0.2) is 11.5 Å². The van der Waals surface area contributed by atoms with Crippen LogP contribution in [0.4, 0.5) is 0 Å². The highest BCUT2D eigenvalue weighted by Crippen LogP contribution is 2.27. The van der Waals surface area contributed by atoms with Gasteiger partial charge in [0.1, 0.15) is 0 Å². The Bertz CT molecular complexity index is 703. The van der Waals surface area contributed by atoms with E-state index in [1.165, 1.54) is 7.11 Å². The quantitative estimate of drug-likeness (QED) is 0.639. The monoisotopic (exact) mass is 280 g/mol. The van der Waals surface area contributed by atoms with Crippen LogP contribution < -0.4 is 9.47 Å². The predicted molar refractivity (Wildman–Crippen MR) is 81.9 cm³/mol. The van der Waals surface area contributed by atoms with E-state index in [1.807, 2.05) is 31.2 Å². The Morgan fingerprint density at radius 3 is 2.24 bits per heavy atom. The van der Waals surface area contributed by atoms with E-state index in [4.69, 9.17) is 9.47 Å². The molecule has 0 aliphatic heterocycles. The molecule has 0 aliphatic carbocycles. The Balaban J connectivity index is 2.23. The fraction of sp³-hybridized carbons (Fsp3) is 0.167. The van der Waals surface area contributed by atoms with E-state index in [9.17, 15) is 4.79 Å². The third kappa shape index (κ3) is 3.64. The van der Waals surface area contributed by atoms with Gasteiger partial charge in [-0.25, -0.2) is 0 Å². The van der Waals surface area contributed by atoms with Crippen LogP contribution in [0.2, 0.25) is 0 Å². The van der Waals surface area contributed by atoms with E-state index in [2.05, 4.69) is 11.8 Å². The van der Waals surface area contributed by atoms with Crippen molar-refractivity contribution in [2.24, 2.45) is 0 Å². The molecule has 3 nitrogen and oxygen atoms in total. The minimum absolute atomic E-state index is 0.253. The molecule has 2 aromatic rings. The summed E-state index contributed by atoms with van der Waals surface area (Å²) >= 11 is 0. The maximum atomic E-state index is 12.1. The molecule has 0 saturated carbocycles. The highest BCUT2D eigenvalue weighted by atomic mass is 16.5. The number of hydrogen-bond donors (Lipinski definition) is 0. The molecule has 0 heterocycles. The number of ether oxygens (including phenoxy) is 2. The normalized spacial score (nSPS) is 9.48. The summed E-state index contributed by atoms with van der Waals surface area (Å²) in [6, 6.07) is 12.7. The van der Waals surface area contributed by atoms with Crippen molar-refractivity contribution in [1.82, 2.24) is 0 Å². The lowest BCUT2D eigenvalue weighted by atomic mass is 10.1. The van der Waals surface area contributed by atoms with Crippen LogP contribution in [0.25, 0.3) is 0 Å². The molecule has 0 aliphatic rings. The van der Waals surface area contributed by atoms with Crippen molar-refractivity contribution in [3.8, 4) is 23.3 Å². The zero-order valence-electron chi connectivity index (χ0n) is 12.3. The van der Waals surface area contributed by atoms with Gasteiger partial charge in [-0.15, -0.1) is 0 Å². The fourth-order valence-corrected chi connectivity index (χ4v) is 1.82. The van der Waals surface area contributed by atoms with Crippen LogP contribution in [0.15, 0.2) is 42.5 Å². The Morgan fingerprint density at radius 1 is 0.952 bits per heavy atom. The molecule has 0 spiro atoms. The molecule has 3 heteroatoms. The predicted octanol–water partition coefficient (Wildman–Crippen LogP) is 3.25. The lowest BCUT2D eigenvalue weighted by molar-refractivity contribution is 0.105. The van der Waals surface area contributed by atoms with Crippen LogP contribution in [0.5, 0.6) is 11.5 Å². The SMILES string of the molecule is COc1ccc(C(=O)C#Cc2ccc(C)cc2)cc1OC. The van der Waals surface area contributed by atoms with Crippen LogP contribution in [-0.2, 0) is 0 Å². The Labute approximate surface area is 124 Å². The lowest BCUT2D eigenvalue weighted by Crippen LogP contribution is -1.98. The average Bonchev–Trinajstić information content (AvgIpc) is 2.53. The van der Waals surface area contributed by atoms with Crippen molar-refractivity contribution in [2.45, 2.75) is 6.92 Å². The summed E-state index contributed by atoms with van der Waals surface area (Å²) in [5.41, 5.74) is 2.45. The van der Waals surface area contributed by atoms with E-state index in [-0.39, 0.29) is 5.78 Å². The van der Waals surface area contributed by atoms with Crippen LogP contribution in [0, 0.1) is 18.8 Å². The van der Waals surface area contributed by atoms with E-state index in [0.717, 1.165) is 11.1 Å². The summed E-state index contributed by atoms with van der Waals surface area (Å²) in [6.45, 7) is 2.01. The molecular weight excluding hydrogens is 264 g/mol. The average molecular weight is 280 g/mol. The zero-order chi connectivity index (χ0) is 15.2. The first-order valence-corrected chi connectivity index (χ1v) is 6.49. The number of Topliss-reactive ketones (excluding diaryl/α,β-unsaturated/α-hetero) is 1. The van der Waals surface area contributed by atoms with Gasteiger partial charge in [-0.3, -0.25) is 4.79 Å². The van der Waals surface area contributed by atoms with Gasteiger partial charge in [0, 0.05) is 11.1 Å². The molecule has 0 amide bonds. The maximum absolute atomic E-state index is 12.1. The molecule has 106 valence electrons. The molecule has 2 aromatic carbocycles. The summed E-state index contributed by atoms with van der Waals surface area (Å²) in [6.07, 6.45) is 0. The Kier molecular flexibility index (Phi) is 4.63. The van der Waals surface area contributed by atoms with Gasteiger partial charge in [-0.05, 0) is 43.2 Å². The van der Waals surface area contributed by atoms with E-state index in [0.29, 0.717) is 17.1 Å². The zero-order valence-corrected chi connectivity index (χ0v) is 12.3. The molecule has 0 N–H and O–H groups in total.